The third-order valence-electron chi connectivity index (χ3n) is 6.54. The molecule has 0 N–H and O–H groups in total. The van der Waals surface area contributed by atoms with E-state index in [1.54, 1.807) is 43.5 Å². The van der Waals surface area contributed by atoms with Gasteiger partial charge in [-0.1, -0.05) is 30.3 Å². The summed E-state index contributed by atoms with van der Waals surface area (Å²) in [7, 11) is 0. The Labute approximate surface area is 194 Å². The quantitative estimate of drug-likeness (QED) is 0.502. The standard InChI is InChI=1S/C24H33N5O4/c1-17(19-9-7-6-8-10-19)29(32,23(31)33-24(3,4)5)26-13-11-20(12-14-26)27-16-21-15-25-18(2)28(21)22(27)30/h6-10,15,17,20H,11-14,16H2,1-5H3. The van der Waals surface area contributed by atoms with Crippen LogP contribution in [0.15, 0.2) is 36.5 Å². The van der Waals surface area contributed by atoms with Gasteiger partial charge in [-0.3, -0.25) is 4.57 Å². The number of carbonyl (C=O) groups is 2. The summed E-state index contributed by atoms with van der Waals surface area (Å²) in [6.07, 6.45) is 2.14. The number of nitrogens with zero attached hydrogens (tertiary/aromatic N) is 5. The number of hydrogen-bond acceptors (Lipinski definition) is 6. The molecule has 0 saturated carbocycles. The first kappa shape index (κ1) is 23.4. The van der Waals surface area contributed by atoms with Crippen LogP contribution in [0.25, 0.3) is 0 Å². The predicted octanol–water partition coefficient (Wildman–Crippen LogP) is 4.37. The monoisotopic (exact) mass is 455 g/mol. The smallest absolute Gasteiger partial charge is 0.537 e. The molecule has 2 aliphatic heterocycles. The highest BCUT2D eigenvalue weighted by molar-refractivity contribution is 5.81. The Morgan fingerprint density at radius 1 is 1.21 bits per heavy atom. The van der Waals surface area contributed by atoms with Crippen LogP contribution < -0.4 is 0 Å². The van der Waals surface area contributed by atoms with Gasteiger partial charge in [0.15, 0.2) is 0 Å². The highest BCUT2D eigenvalue weighted by atomic mass is 16.7. The maximum atomic E-state index is 14.3. The fraction of sp³-hybridized carbons (Fsp3) is 0.542. The van der Waals surface area contributed by atoms with Crippen LogP contribution in [0, 0.1) is 12.1 Å². The summed E-state index contributed by atoms with van der Waals surface area (Å²) in [5.41, 5.74) is 0.888. The van der Waals surface area contributed by atoms with Gasteiger partial charge < -0.3 is 14.8 Å². The average Bonchev–Trinajstić information content (AvgIpc) is 3.31. The first-order chi connectivity index (χ1) is 15.5. The summed E-state index contributed by atoms with van der Waals surface area (Å²) in [5, 5.41) is 16.0. The van der Waals surface area contributed by atoms with E-state index in [2.05, 4.69) is 4.98 Å². The summed E-state index contributed by atoms with van der Waals surface area (Å²) in [4.78, 5) is 32.2. The zero-order valence-corrected chi connectivity index (χ0v) is 20.0. The molecule has 1 aromatic carbocycles. The Kier molecular flexibility index (Phi) is 6.07. The van der Waals surface area contributed by atoms with Crippen LogP contribution in [0.4, 0.5) is 9.59 Å². The number of ether oxygens (including phenoxy) is 1. The SMILES string of the molecule is Cc1ncc2n1C(=O)N(C1CCN([N+]([O-])(C(=O)OC(C)(C)C)C(C)c3ccccc3)CC1)C2. The fourth-order valence-electron chi connectivity index (χ4n) is 4.76. The van der Waals surface area contributed by atoms with Crippen molar-refractivity contribution in [1.29, 1.82) is 0 Å². The van der Waals surface area contributed by atoms with Crippen molar-refractivity contribution in [2.45, 2.75) is 71.7 Å². The molecule has 33 heavy (non-hydrogen) atoms. The summed E-state index contributed by atoms with van der Waals surface area (Å²) in [5.74, 6) is 0.687. The number of quaternary nitrogens is 1. The number of aryl methyl sites for hydroxylation is 1. The minimum Gasteiger partial charge on any atom is -0.601 e. The molecular formula is C24H33N5O4. The van der Waals surface area contributed by atoms with Gasteiger partial charge >= 0.3 is 12.1 Å². The Morgan fingerprint density at radius 3 is 2.42 bits per heavy atom. The van der Waals surface area contributed by atoms with Crippen LogP contribution in [-0.4, -0.2) is 61.1 Å². The van der Waals surface area contributed by atoms with E-state index in [0.29, 0.717) is 38.3 Å². The molecule has 9 nitrogen and oxygen atoms in total. The van der Waals surface area contributed by atoms with Crippen LogP contribution >= 0.6 is 0 Å². The number of benzene rings is 1. The van der Waals surface area contributed by atoms with Crippen molar-refractivity contribution >= 4 is 12.1 Å². The molecule has 2 unspecified atom stereocenters. The number of imidazole rings is 1. The largest absolute Gasteiger partial charge is 0.601 e. The van der Waals surface area contributed by atoms with E-state index in [-0.39, 0.29) is 12.1 Å². The zero-order chi connectivity index (χ0) is 24.0. The number of aromatic nitrogens is 2. The summed E-state index contributed by atoms with van der Waals surface area (Å²) < 4.78 is 6.04. The van der Waals surface area contributed by atoms with Gasteiger partial charge in [0.2, 0.25) is 0 Å². The van der Waals surface area contributed by atoms with Crippen molar-refractivity contribution in [2.75, 3.05) is 13.1 Å². The Balaban J connectivity index is 1.53. The molecule has 3 heterocycles. The summed E-state index contributed by atoms with van der Waals surface area (Å²) in [6.45, 7) is 10.2. The molecular weight excluding hydrogens is 422 g/mol. The number of piperidine rings is 1. The van der Waals surface area contributed by atoms with E-state index in [1.165, 1.54) is 0 Å². The zero-order valence-electron chi connectivity index (χ0n) is 20.0. The van der Waals surface area contributed by atoms with E-state index in [1.807, 2.05) is 42.2 Å². The van der Waals surface area contributed by atoms with Gasteiger partial charge in [-0.05, 0) is 47.5 Å². The fourth-order valence-corrected chi connectivity index (χ4v) is 4.76. The second-order valence-electron chi connectivity index (χ2n) is 9.92. The molecule has 0 spiro atoms. The highest BCUT2D eigenvalue weighted by Gasteiger charge is 2.47. The molecule has 2 amide bonds. The van der Waals surface area contributed by atoms with Crippen molar-refractivity contribution in [2.24, 2.45) is 0 Å². The molecule has 0 bridgehead atoms. The second-order valence-corrected chi connectivity index (χ2v) is 9.92. The van der Waals surface area contributed by atoms with Crippen molar-refractivity contribution in [3.8, 4) is 0 Å². The third-order valence-corrected chi connectivity index (χ3v) is 6.54. The molecule has 0 radical (unpaired) electrons. The van der Waals surface area contributed by atoms with Gasteiger partial charge in [0.1, 0.15) is 17.5 Å². The van der Waals surface area contributed by atoms with E-state index in [0.717, 1.165) is 11.3 Å². The summed E-state index contributed by atoms with van der Waals surface area (Å²) in [6, 6.07) is 8.61. The molecule has 2 aliphatic rings. The van der Waals surface area contributed by atoms with Gasteiger partial charge in [-0.25, -0.2) is 9.78 Å². The van der Waals surface area contributed by atoms with Gasteiger partial charge in [0, 0.05) is 11.6 Å². The number of rotatable bonds is 4. The molecule has 1 aromatic heterocycles. The predicted molar refractivity (Wildman–Crippen MR) is 123 cm³/mol. The third kappa shape index (κ3) is 4.28. The number of hydrogen-bond donors (Lipinski definition) is 0. The molecule has 2 aromatic rings. The molecule has 2 atom stereocenters. The lowest BCUT2D eigenvalue weighted by Crippen LogP contribution is -2.64. The average molecular weight is 456 g/mol. The first-order valence-electron chi connectivity index (χ1n) is 11.5. The topological polar surface area (TPSA) is 90.7 Å². The number of fused-ring (bicyclic) bond motifs is 1. The van der Waals surface area contributed by atoms with Crippen LogP contribution in [-0.2, 0) is 11.3 Å². The Bertz CT molecular complexity index is 1020. The molecule has 0 aliphatic carbocycles. The van der Waals surface area contributed by atoms with E-state index < -0.39 is 22.5 Å². The summed E-state index contributed by atoms with van der Waals surface area (Å²) >= 11 is 0. The van der Waals surface area contributed by atoms with E-state index in [4.69, 9.17) is 4.74 Å². The Hall–Kier alpha value is -2.75. The van der Waals surface area contributed by atoms with Crippen molar-refractivity contribution < 1.29 is 19.1 Å². The van der Waals surface area contributed by atoms with Crippen molar-refractivity contribution in [3.63, 3.8) is 0 Å². The maximum absolute atomic E-state index is 14.3. The molecule has 178 valence electrons. The number of amides is 2. The van der Waals surface area contributed by atoms with Crippen LogP contribution in [0.5, 0.6) is 0 Å². The minimum absolute atomic E-state index is 0.00664. The van der Waals surface area contributed by atoms with Crippen molar-refractivity contribution in [3.05, 3.63) is 58.8 Å². The molecule has 4 rings (SSSR count). The maximum Gasteiger partial charge on any atom is 0.537 e. The van der Waals surface area contributed by atoms with Gasteiger partial charge in [0.25, 0.3) is 0 Å². The molecule has 1 fully saturated rings. The van der Waals surface area contributed by atoms with Crippen LogP contribution in [0.1, 0.15) is 63.7 Å². The van der Waals surface area contributed by atoms with Gasteiger partial charge in [0.05, 0.1) is 31.5 Å². The highest BCUT2D eigenvalue weighted by Crippen LogP contribution is 2.35. The second kappa shape index (κ2) is 8.55. The molecule has 9 heteroatoms. The lowest BCUT2D eigenvalue weighted by atomic mass is 10.0. The lowest BCUT2D eigenvalue weighted by Gasteiger charge is -2.52. The minimum atomic E-state index is -1.20. The first-order valence-corrected chi connectivity index (χ1v) is 11.5. The van der Waals surface area contributed by atoms with Crippen LogP contribution in [0.2, 0.25) is 0 Å². The lowest BCUT2D eigenvalue weighted by molar-refractivity contribution is -0.956. The van der Waals surface area contributed by atoms with E-state index in [9.17, 15) is 14.8 Å². The van der Waals surface area contributed by atoms with Crippen LogP contribution in [0.3, 0.4) is 0 Å². The molecule has 1 saturated heterocycles. The van der Waals surface area contributed by atoms with Crippen molar-refractivity contribution in [1.82, 2.24) is 19.5 Å². The number of carbonyl (C=O) groups excluding carboxylic acids is 2. The Morgan fingerprint density at radius 2 is 1.85 bits per heavy atom. The van der Waals surface area contributed by atoms with Gasteiger partial charge in [-0.2, -0.15) is 9.55 Å². The van der Waals surface area contributed by atoms with E-state index >= 15 is 0 Å². The van der Waals surface area contributed by atoms with Gasteiger partial charge in [-0.15, -0.1) is 5.01 Å². The normalized spacial score (nSPS) is 20.4. The number of hydroxylamine groups is 2.